The van der Waals surface area contributed by atoms with Gasteiger partial charge >= 0.3 is 11.9 Å². The molecule has 0 bridgehead atoms. The van der Waals surface area contributed by atoms with Crippen molar-refractivity contribution in [1.82, 2.24) is 5.32 Å². The second-order valence-corrected chi connectivity index (χ2v) is 8.36. The van der Waals surface area contributed by atoms with Crippen LogP contribution in [0, 0.1) is 0 Å². The van der Waals surface area contributed by atoms with Crippen molar-refractivity contribution < 1.29 is 23.9 Å². The predicted molar refractivity (Wildman–Crippen MR) is 137 cm³/mol. The molecule has 7 heteroatoms. The molecule has 0 radical (unpaired) electrons. The van der Waals surface area contributed by atoms with Gasteiger partial charge in [0, 0.05) is 20.8 Å². The largest absolute Gasteiger partial charge is 0.463 e. The number of hydrogen-bond acceptors (Lipinski definition) is 5. The van der Waals surface area contributed by atoms with E-state index >= 15 is 0 Å². The van der Waals surface area contributed by atoms with Crippen LogP contribution in [0.1, 0.15) is 83.8 Å². The summed E-state index contributed by atoms with van der Waals surface area (Å²) in [5, 5.41) is 2.84. The Bertz CT molecular complexity index is 672. The van der Waals surface area contributed by atoms with Gasteiger partial charge in [-0.3, -0.25) is 14.4 Å². The second kappa shape index (κ2) is 18.5. The molecule has 0 unspecified atom stereocenters. The van der Waals surface area contributed by atoms with Crippen LogP contribution in [0.4, 0.5) is 0 Å². The van der Waals surface area contributed by atoms with E-state index in [9.17, 15) is 14.4 Å². The summed E-state index contributed by atoms with van der Waals surface area (Å²) >= 11 is 2.94. The molecule has 0 aliphatic rings. The molecule has 0 heterocycles. The zero-order chi connectivity index (χ0) is 25.1. The molecule has 1 amide bonds. The fourth-order valence-corrected chi connectivity index (χ4v) is 3.54. The van der Waals surface area contributed by atoms with Gasteiger partial charge in [0.25, 0.3) is 0 Å². The van der Waals surface area contributed by atoms with Crippen molar-refractivity contribution in [1.29, 1.82) is 0 Å². The number of amides is 1. The molecule has 1 aromatic carbocycles. The van der Waals surface area contributed by atoms with Crippen LogP contribution in [0.5, 0.6) is 0 Å². The number of unbranched alkanes of at least 4 members (excludes halogenated alkanes) is 5. The molecule has 0 atom stereocenters. The maximum absolute atomic E-state index is 11.8. The Labute approximate surface area is 208 Å². The lowest BCUT2D eigenvalue weighted by molar-refractivity contribution is -0.150. The van der Waals surface area contributed by atoms with Gasteiger partial charge in [0.1, 0.15) is 18.8 Å². The summed E-state index contributed by atoms with van der Waals surface area (Å²) in [5.41, 5.74) is 1.49. The van der Waals surface area contributed by atoms with E-state index in [0.717, 1.165) is 12.0 Å². The minimum absolute atomic E-state index is 0.0503. The van der Waals surface area contributed by atoms with Gasteiger partial charge in [0.2, 0.25) is 5.91 Å². The fraction of sp³-hybridized carbons (Fsp3) is 0.654. The number of hydrogen-bond donors (Lipinski definition) is 1. The SMILES string of the molecule is CBr.CCCCCCCCc1ccc(CCC(COC(C)=O)(COC(C)=O)NC(C)=O)cc1. The van der Waals surface area contributed by atoms with Gasteiger partial charge in [-0.15, -0.1) is 0 Å². The molecule has 0 saturated carbocycles. The number of benzene rings is 1. The van der Waals surface area contributed by atoms with Crippen LogP contribution in [0.15, 0.2) is 24.3 Å². The standard InChI is InChI=1S/C25H39NO5.CH3Br/c1-5-6-7-8-9-10-11-23-12-14-24(15-13-23)16-17-25(26-20(2)27,18-30-21(3)28)19-31-22(4)29;1-2/h12-15H,5-11,16-19H2,1-4H3,(H,26,27);1H3. The van der Waals surface area contributed by atoms with Gasteiger partial charge in [-0.2, -0.15) is 0 Å². The van der Waals surface area contributed by atoms with Gasteiger partial charge in [-0.1, -0.05) is 79.2 Å². The number of halogens is 1. The summed E-state index contributed by atoms with van der Waals surface area (Å²) < 4.78 is 10.4. The first-order chi connectivity index (χ1) is 15.8. The number of nitrogens with one attached hydrogen (secondary N) is 1. The lowest BCUT2D eigenvalue weighted by Crippen LogP contribution is -2.55. The summed E-state index contributed by atoms with van der Waals surface area (Å²) in [4.78, 5) is 34.5. The van der Waals surface area contributed by atoms with Crippen molar-refractivity contribution in [2.24, 2.45) is 0 Å². The predicted octanol–water partition coefficient (Wildman–Crippen LogP) is 5.53. The van der Waals surface area contributed by atoms with E-state index in [0.29, 0.717) is 12.8 Å². The van der Waals surface area contributed by atoms with Gasteiger partial charge < -0.3 is 14.8 Å². The number of esters is 2. The van der Waals surface area contributed by atoms with Crippen LogP contribution in [-0.4, -0.2) is 42.4 Å². The molecule has 1 rings (SSSR count). The van der Waals surface area contributed by atoms with Crippen LogP contribution < -0.4 is 5.32 Å². The molecular formula is C26H42BrNO5. The van der Waals surface area contributed by atoms with E-state index in [-0.39, 0.29) is 19.1 Å². The van der Waals surface area contributed by atoms with E-state index in [1.807, 2.05) is 5.83 Å². The molecule has 0 spiro atoms. The Hall–Kier alpha value is -1.89. The van der Waals surface area contributed by atoms with Gasteiger partial charge in [-0.05, 0) is 42.6 Å². The van der Waals surface area contributed by atoms with Crippen molar-refractivity contribution in [3.8, 4) is 0 Å². The number of carbonyl (C=O) groups excluding carboxylic acids is 3. The Morgan fingerprint density at radius 1 is 0.788 bits per heavy atom. The molecule has 1 N–H and O–H groups in total. The van der Waals surface area contributed by atoms with E-state index in [1.165, 1.54) is 64.9 Å². The maximum Gasteiger partial charge on any atom is 0.302 e. The average molecular weight is 529 g/mol. The molecule has 0 saturated heterocycles. The van der Waals surface area contributed by atoms with Crippen molar-refractivity contribution in [3.63, 3.8) is 0 Å². The zero-order valence-corrected chi connectivity index (χ0v) is 22.6. The zero-order valence-electron chi connectivity index (χ0n) is 21.0. The molecule has 0 aliphatic carbocycles. The molecule has 0 fully saturated rings. The highest BCUT2D eigenvalue weighted by atomic mass is 79.9. The molecule has 188 valence electrons. The molecule has 0 aliphatic heterocycles. The highest BCUT2D eigenvalue weighted by Crippen LogP contribution is 2.19. The van der Waals surface area contributed by atoms with Gasteiger partial charge in [-0.25, -0.2) is 0 Å². The summed E-state index contributed by atoms with van der Waals surface area (Å²) in [6.45, 7) is 6.15. The number of carbonyl (C=O) groups is 3. The van der Waals surface area contributed by atoms with E-state index in [2.05, 4.69) is 52.4 Å². The highest BCUT2D eigenvalue weighted by molar-refractivity contribution is 9.08. The average Bonchev–Trinajstić information content (AvgIpc) is 2.79. The Balaban J connectivity index is 0.00000497. The van der Waals surface area contributed by atoms with Crippen LogP contribution in [-0.2, 0) is 36.7 Å². The van der Waals surface area contributed by atoms with E-state index < -0.39 is 17.5 Å². The minimum atomic E-state index is -0.958. The fourth-order valence-electron chi connectivity index (χ4n) is 3.54. The number of ether oxygens (including phenoxy) is 2. The number of alkyl halides is 1. The number of rotatable bonds is 15. The Morgan fingerprint density at radius 2 is 1.24 bits per heavy atom. The van der Waals surface area contributed by atoms with E-state index in [1.54, 1.807) is 0 Å². The third-order valence-corrected chi connectivity index (χ3v) is 5.28. The first-order valence-electron chi connectivity index (χ1n) is 11.8. The first kappa shape index (κ1) is 31.1. The second-order valence-electron chi connectivity index (χ2n) is 8.36. The van der Waals surface area contributed by atoms with Crippen molar-refractivity contribution in [2.75, 3.05) is 19.0 Å². The molecule has 0 aromatic heterocycles. The minimum Gasteiger partial charge on any atom is -0.463 e. The maximum atomic E-state index is 11.8. The van der Waals surface area contributed by atoms with Crippen LogP contribution in [0.3, 0.4) is 0 Å². The highest BCUT2D eigenvalue weighted by Gasteiger charge is 2.34. The van der Waals surface area contributed by atoms with Crippen LogP contribution in [0.2, 0.25) is 0 Å². The third-order valence-electron chi connectivity index (χ3n) is 5.28. The molecule has 33 heavy (non-hydrogen) atoms. The lowest BCUT2D eigenvalue weighted by atomic mass is 9.91. The van der Waals surface area contributed by atoms with Gasteiger partial charge in [0.15, 0.2) is 0 Å². The monoisotopic (exact) mass is 527 g/mol. The van der Waals surface area contributed by atoms with Crippen LogP contribution >= 0.6 is 15.9 Å². The first-order valence-corrected chi connectivity index (χ1v) is 13.4. The number of aryl methyl sites for hydroxylation is 2. The van der Waals surface area contributed by atoms with Crippen LogP contribution in [0.25, 0.3) is 0 Å². The third kappa shape index (κ3) is 15.6. The Kier molecular flexibility index (Phi) is 17.5. The molecule has 6 nitrogen and oxygen atoms in total. The summed E-state index contributed by atoms with van der Waals surface area (Å²) in [6, 6.07) is 8.50. The quantitative estimate of drug-likeness (QED) is 0.184. The van der Waals surface area contributed by atoms with Crippen molar-refractivity contribution >= 4 is 33.8 Å². The molecular weight excluding hydrogens is 486 g/mol. The summed E-state index contributed by atoms with van der Waals surface area (Å²) in [6.07, 6.45) is 9.92. The van der Waals surface area contributed by atoms with Gasteiger partial charge in [0.05, 0.1) is 0 Å². The van der Waals surface area contributed by atoms with Crippen molar-refractivity contribution in [3.05, 3.63) is 35.4 Å². The Morgan fingerprint density at radius 3 is 1.70 bits per heavy atom. The van der Waals surface area contributed by atoms with E-state index in [4.69, 9.17) is 9.47 Å². The smallest absolute Gasteiger partial charge is 0.302 e. The lowest BCUT2D eigenvalue weighted by Gasteiger charge is -2.33. The van der Waals surface area contributed by atoms with Crippen molar-refractivity contribution in [2.45, 2.75) is 91.0 Å². The summed E-state index contributed by atoms with van der Waals surface area (Å²) in [5.74, 6) is 0.647. The molecule has 1 aromatic rings. The normalized spacial score (nSPS) is 10.6. The summed E-state index contributed by atoms with van der Waals surface area (Å²) in [7, 11) is 0. The topological polar surface area (TPSA) is 81.7 Å².